The van der Waals surface area contributed by atoms with Gasteiger partial charge in [0.2, 0.25) is 0 Å². The first kappa shape index (κ1) is 15.0. The van der Waals surface area contributed by atoms with Crippen molar-refractivity contribution < 1.29 is 9.59 Å². The van der Waals surface area contributed by atoms with Gasteiger partial charge in [0, 0.05) is 18.1 Å². The molecule has 3 aromatic heterocycles. The summed E-state index contributed by atoms with van der Waals surface area (Å²) in [7, 11) is 0. The first-order valence-corrected chi connectivity index (χ1v) is 7.67. The standard InChI is InChI=1S/C15H13N5O2S/c1-9-7-10(2)20(19-9)15(22)13-11(3-6-23-13)18-14(21)12-8-16-4-5-17-12/h3-8H,1-2H3,(H,18,21). The van der Waals surface area contributed by atoms with E-state index in [2.05, 4.69) is 20.4 Å². The number of carbonyl (C=O) groups excluding carboxylic acids is 2. The van der Waals surface area contributed by atoms with Crippen LogP contribution in [0, 0.1) is 13.8 Å². The normalized spacial score (nSPS) is 10.5. The molecule has 0 spiro atoms. The first-order chi connectivity index (χ1) is 11.1. The number of amides is 1. The average Bonchev–Trinajstić information content (AvgIpc) is 3.13. The number of hydrogen-bond donors (Lipinski definition) is 1. The molecule has 3 heterocycles. The highest BCUT2D eigenvalue weighted by atomic mass is 32.1. The summed E-state index contributed by atoms with van der Waals surface area (Å²) in [6, 6.07) is 3.50. The van der Waals surface area contributed by atoms with Crippen LogP contribution in [0.2, 0.25) is 0 Å². The molecule has 1 amide bonds. The highest BCUT2D eigenvalue weighted by molar-refractivity contribution is 7.12. The van der Waals surface area contributed by atoms with Gasteiger partial charge in [-0.15, -0.1) is 11.3 Å². The van der Waals surface area contributed by atoms with Crippen LogP contribution in [0.1, 0.15) is 31.5 Å². The molecule has 0 atom stereocenters. The van der Waals surface area contributed by atoms with E-state index in [0.717, 1.165) is 11.4 Å². The predicted octanol–water partition coefficient (Wildman–Crippen LogP) is 2.29. The van der Waals surface area contributed by atoms with Crippen LogP contribution < -0.4 is 5.32 Å². The highest BCUT2D eigenvalue weighted by Crippen LogP contribution is 2.24. The molecular weight excluding hydrogens is 314 g/mol. The van der Waals surface area contributed by atoms with Gasteiger partial charge in [0.05, 0.1) is 17.6 Å². The van der Waals surface area contributed by atoms with Crippen molar-refractivity contribution in [2.45, 2.75) is 13.8 Å². The van der Waals surface area contributed by atoms with Crippen molar-refractivity contribution in [1.29, 1.82) is 0 Å². The van der Waals surface area contributed by atoms with E-state index in [1.165, 1.54) is 34.6 Å². The number of thiophene rings is 1. The van der Waals surface area contributed by atoms with Crippen molar-refractivity contribution in [2.75, 3.05) is 5.32 Å². The quantitative estimate of drug-likeness (QED) is 0.797. The van der Waals surface area contributed by atoms with Gasteiger partial charge in [-0.2, -0.15) is 5.10 Å². The monoisotopic (exact) mass is 327 g/mol. The number of carbonyl (C=O) groups is 2. The average molecular weight is 327 g/mol. The molecule has 23 heavy (non-hydrogen) atoms. The van der Waals surface area contributed by atoms with E-state index in [1.54, 1.807) is 11.4 Å². The summed E-state index contributed by atoms with van der Waals surface area (Å²) >= 11 is 1.25. The topological polar surface area (TPSA) is 89.8 Å². The van der Waals surface area contributed by atoms with Gasteiger partial charge in [0.1, 0.15) is 10.6 Å². The molecule has 0 aromatic carbocycles. The zero-order valence-corrected chi connectivity index (χ0v) is 13.3. The van der Waals surface area contributed by atoms with Crippen LogP contribution in [0.25, 0.3) is 0 Å². The van der Waals surface area contributed by atoms with E-state index in [0.29, 0.717) is 10.6 Å². The maximum atomic E-state index is 12.6. The van der Waals surface area contributed by atoms with Crippen molar-refractivity contribution in [3.8, 4) is 0 Å². The Morgan fingerprint density at radius 1 is 1.26 bits per heavy atom. The molecule has 3 rings (SSSR count). The van der Waals surface area contributed by atoms with Crippen molar-refractivity contribution in [1.82, 2.24) is 19.7 Å². The number of rotatable bonds is 3. The molecule has 0 unspecified atom stereocenters. The Balaban J connectivity index is 1.87. The lowest BCUT2D eigenvalue weighted by Crippen LogP contribution is -2.18. The van der Waals surface area contributed by atoms with Crippen LogP contribution in [0.5, 0.6) is 0 Å². The lowest BCUT2D eigenvalue weighted by atomic mass is 10.3. The molecule has 0 aliphatic carbocycles. The van der Waals surface area contributed by atoms with Crippen LogP contribution in [0.3, 0.4) is 0 Å². The fraction of sp³-hybridized carbons (Fsp3) is 0.133. The van der Waals surface area contributed by atoms with Crippen LogP contribution in [-0.4, -0.2) is 31.6 Å². The van der Waals surface area contributed by atoms with Gasteiger partial charge in [-0.1, -0.05) is 0 Å². The maximum absolute atomic E-state index is 12.6. The van der Waals surface area contributed by atoms with Gasteiger partial charge < -0.3 is 5.32 Å². The maximum Gasteiger partial charge on any atom is 0.290 e. The Labute approximate surface area is 136 Å². The largest absolute Gasteiger partial charge is 0.319 e. The molecule has 116 valence electrons. The van der Waals surface area contributed by atoms with E-state index in [-0.39, 0.29) is 11.6 Å². The van der Waals surface area contributed by atoms with E-state index in [9.17, 15) is 9.59 Å². The summed E-state index contributed by atoms with van der Waals surface area (Å²) in [5.41, 5.74) is 2.12. The molecule has 8 heteroatoms. The van der Waals surface area contributed by atoms with E-state index >= 15 is 0 Å². The lowest BCUT2D eigenvalue weighted by molar-refractivity contribution is 0.0947. The van der Waals surface area contributed by atoms with Gasteiger partial charge in [0.25, 0.3) is 11.8 Å². The second kappa shape index (κ2) is 6.09. The van der Waals surface area contributed by atoms with Crippen LogP contribution in [-0.2, 0) is 0 Å². The van der Waals surface area contributed by atoms with Gasteiger partial charge in [0.15, 0.2) is 0 Å². The van der Waals surface area contributed by atoms with Crippen molar-refractivity contribution >= 4 is 28.8 Å². The van der Waals surface area contributed by atoms with Crippen molar-refractivity contribution in [3.63, 3.8) is 0 Å². The minimum Gasteiger partial charge on any atom is -0.319 e. The van der Waals surface area contributed by atoms with Crippen LogP contribution in [0.15, 0.2) is 36.1 Å². The Morgan fingerprint density at radius 2 is 2.09 bits per heavy atom. The molecule has 0 saturated heterocycles. The number of aryl methyl sites for hydroxylation is 2. The summed E-state index contributed by atoms with van der Waals surface area (Å²) in [4.78, 5) is 33.0. The molecule has 7 nitrogen and oxygen atoms in total. The third-order valence-electron chi connectivity index (χ3n) is 3.11. The number of hydrogen-bond acceptors (Lipinski definition) is 6. The molecule has 0 aliphatic heterocycles. The number of nitrogens with one attached hydrogen (secondary N) is 1. The molecule has 0 radical (unpaired) electrons. The fourth-order valence-electron chi connectivity index (χ4n) is 2.11. The summed E-state index contributed by atoms with van der Waals surface area (Å²) in [5.74, 6) is -0.695. The number of nitrogens with zero attached hydrogens (tertiary/aromatic N) is 4. The second-order valence-electron chi connectivity index (χ2n) is 4.85. The Kier molecular flexibility index (Phi) is 3.98. The van der Waals surface area contributed by atoms with Gasteiger partial charge in [-0.25, -0.2) is 9.67 Å². The van der Waals surface area contributed by atoms with E-state index in [1.807, 2.05) is 19.9 Å². The van der Waals surface area contributed by atoms with Gasteiger partial charge >= 0.3 is 0 Å². The SMILES string of the molecule is Cc1cc(C)n(C(=O)c2sccc2NC(=O)c2cnccn2)n1. The number of aromatic nitrogens is 4. The third-order valence-corrected chi connectivity index (χ3v) is 4.01. The Bertz CT molecular complexity index is 869. The van der Waals surface area contributed by atoms with E-state index < -0.39 is 5.91 Å². The highest BCUT2D eigenvalue weighted by Gasteiger charge is 2.20. The Hall–Kier alpha value is -2.87. The Morgan fingerprint density at radius 3 is 2.74 bits per heavy atom. The second-order valence-corrected chi connectivity index (χ2v) is 5.77. The smallest absolute Gasteiger partial charge is 0.290 e. The van der Waals surface area contributed by atoms with Crippen LogP contribution in [0.4, 0.5) is 5.69 Å². The van der Waals surface area contributed by atoms with Crippen LogP contribution >= 0.6 is 11.3 Å². The molecule has 0 fully saturated rings. The lowest BCUT2D eigenvalue weighted by Gasteiger charge is -2.06. The summed E-state index contributed by atoms with van der Waals surface area (Å²) in [5, 5.41) is 8.62. The van der Waals surface area contributed by atoms with Gasteiger partial charge in [-0.3, -0.25) is 14.6 Å². The molecular formula is C15H13N5O2S. The molecule has 3 aromatic rings. The summed E-state index contributed by atoms with van der Waals surface area (Å²) in [6.45, 7) is 3.63. The van der Waals surface area contributed by atoms with Crippen molar-refractivity contribution in [3.05, 3.63) is 58.1 Å². The molecule has 0 aliphatic rings. The first-order valence-electron chi connectivity index (χ1n) is 6.79. The van der Waals surface area contributed by atoms with Crippen molar-refractivity contribution in [2.24, 2.45) is 0 Å². The third kappa shape index (κ3) is 3.02. The molecule has 1 N–H and O–H groups in total. The minimum atomic E-state index is -0.418. The zero-order chi connectivity index (χ0) is 16.4. The zero-order valence-electron chi connectivity index (χ0n) is 12.5. The number of anilines is 1. The molecule has 0 saturated carbocycles. The van der Waals surface area contributed by atoms with E-state index in [4.69, 9.17) is 0 Å². The fourth-order valence-corrected chi connectivity index (χ4v) is 2.88. The van der Waals surface area contributed by atoms with Gasteiger partial charge in [-0.05, 0) is 31.4 Å². The summed E-state index contributed by atoms with van der Waals surface area (Å²) in [6.07, 6.45) is 4.29. The summed E-state index contributed by atoms with van der Waals surface area (Å²) < 4.78 is 1.33. The predicted molar refractivity (Wildman–Crippen MR) is 85.7 cm³/mol. The molecule has 0 bridgehead atoms. The minimum absolute atomic E-state index is 0.184.